The van der Waals surface area contributed by atoms with E-state index >= 15 is 0 Å². The third kappa shape index (κ3) is 5.96. The summed E-state index contributed by atoms with van der Waals surface area (Å²) in [7, 11) is 0. The van der Waals surface area contributed by atoms with E-state index in [9.17, 15) is 14.3 Å². The maximum absolute atomic E-state index is 14.2. The summed E-state index contributed by atoms with van der Waals surface area (Å²) in [6.45, 7) is 7.49. The van der Waals surface area contributed by atoms with Crippen molar-refractivity contribution in [3.05, 3.63) is 54.1 Å². The zero-order chi connectivity index (χ0) is 25.8. The number of piperidine rings is 1. The van der Waals surface area contributed by atoms with Gasteiger partial charge in [0.25, 0.3) is 0 Å². The van der Waals surface area contributed by atoms with E-state index in [0.29, 0.717) is 12.6 Å². The first-order valence-electron chi connectivity index (χ1n) is 14.0. The predicted octanol–water partition coefficient (Wildman–Crippen LogP) is 4.27. The van der Waals surface area contributed by atoms with Crippen molar-refractivity contribution in [1.29, 1.82) is 0 Å². The van der Waals surface area contributed by atoms with E-state index in [-0.39, 0.29) is 23.6 Å². The zero-order valence-corrected chi connectivity index (χ0v) is 21.9. The Balaban J connectivity index is 1.27. The van der Waals surface area contributed by atoms with Crippen LogP contribution >= 0.6 is 0 Å². The fourth-order valence-electron chi connectivity index (χ4n) is 6.71. The number of carboxylic acids is 1. The summed E-state index contributed by atoms with van der Waals surface area (Å²) in [5.41, 5.74) is 0.996. The van der Waals surface area contributed by atoms with Gasteiger partial charge in [-0.15, -0.1) is 0 Å². The molecule has 1 saturated carbocycles. The van der Waals surface area contributed by atoms with E-state index in [2.05, 4.69) is 31.6 Å². The summed E-state index contributed by atoms with van der Waals surface area (Å²) in [6, 6.07) is 8.79. The molecule has 0 amide bonds. The molecule has 2 aromatic rings. The van der Waals surface area contributed by atoms with Gasteiger partial charge in [-0.2, -0.15) is 0 Å². The number of carbonyl (C=O) groups is 1. The highest BCUT2D eigenvalue weighted by atomic mass is 19.1. The quantitative estimate of drug-likeness (QED) is 0.513. The smallest absolute Gasteiger partial charge is 0.321 e. The van der Waals surface area contributed by atoms with E-state index in [1.165, 1.54) is 6.07 Å². The first-order chi connectivity index (χ1) is 18.0. The van der Waals surface area contributed by atoms with Crippen LogP contribution in [-0.4, -0.2) is 82.2 Å². The molecule has 1 N–H and O–H groups in total. The van der Waals surface area contributed by atoms with Crippen molar-refractivity contribution >= 4 is 11.9 Å². The average Bonchev–Trinajstić information content (AvgIpc) is 3.28. The lowest BCUT2D eigenvalue weighted by Gasteiger charge is -2.40. The summed E-state index contributed by atoms with van der Waals surface area (Å²) in [5.74, 6) is 0.557. The van der Waals surface area contributed by atoms with Crippen LogP contribution in [0.15, 0.2) is 42.7 Å². The van der Waals surface area contributed by atoms with Gasteiger partial charge < -0.3 is 14.9 Å². The van der Waals surface area contributed by atoms with E-state index in [0.717, 1.165) is 82.8 Å². The number of likely N-dealkylation sites (tertiary alicyclic amines) is 2. The van der Waals surface area contributed by atoms with E-state index in [1.54, 1.807) is 12.1 Å². The van der Waals surface area contributed by atoms with Gasteiger partial charge in [-0.05, 0) is 67.7 Å². The SMILES string of the molecule is CCCN(c1ncccn1)C1CCN(C[C@H]2CN([C@@H](C(=O)O)C3CCC3)C[C@@H]2c2cccc(F)c2)CC1. The molecule has 0 unspecified atom stereocenters. The molecule has 1 aromatic heterocycles. The maximum Gasteiger partial charge on any atom is 0.321 e. The molecular weight excluding hydrogens is 469 g/mol. The first kappa shape index (κ1) is 26.0. The highest BCUT2D eigenvalue weighted by molar-refractivity contribution is 5.74. The fourth-order valence-corrected chi connectivity index (χ4v) is 6.71. The van der Waals surface area contributed by atoms with E-state index in [1.807, 2.05) is 24.5 Å². The number of anilines is 1. The largest absolute Gasteiger partial charge is 0.480 e. The monoisotopic (exact) mass is 509 g/mol. The molecule has 0 radical (unpaired) electrons. The maximum atomic E-state index is 14.2. The molecule has 3 fully saturated rings. The standard InChI is InChI=1S/C29H40FN5O2/c1-2-14-35(29-31-12-5-13-32-29)25-10-15-33(16-11-25)18-23-19-34(27(28(36)37)21-6-3-7-21)20-26(23)22-8-4-9-24(30)17-22/h4-5,8-9,12-13,17,21,23,25-27H,2-3,6-7,10-11,14-16,18-20H2,1H3,(H,36,37)/t23-,26+,27+/m0/s1. The van der Waals surface area contributed by atoms with Gasteiger partial charge >= 0.3 is 5.97 Å². The van der Waals surface area contributed by atoms with Crippen LogP contribution in [0, 0.1) is 17.7 Å². The van der Waals surface area contributed by atoms with Gasteiger partial charge in [0.05, 0.1) is 0 Å². The molecule has 8 heteroatoms. The molecule has 37 heavy (non-hydrogen) atoms. The molecule has 2 aliphatic heterocycles. The van der Waals surface area contributed by atoms with Crippen LogP contribution in [0.4, 0.5) is 10.3 Å². The molecule has 0 bridgehead atoms. The summed E-state index contributed by atoms with van der Waals surface area (Å²) in [6.07, 6.45) is 9.90. The minimum atomic E-state index is -0.705. The van der Waals surface area contributed by atoms with Crippen LogP contribution in [0.2, 0.25) is 0 Å². The molecule has 2 saturated heterocycles. The molecule has 1 aromatic carbocycles. The Kier molecular flexibility index (Phi) is 8.35. The van der Waals surface area contributed by atoms with Crippen molar-refractivity contribution in [2.45, 2.75) is 63.5 Å². The second-order valence-corrected chi connectivity index (χ2v) is 11.1. The lowest BCUT2D eigenvalue weighted by Crippen LogP contribution is -2.48. The molecular formula is C29H40FN5O2. The molecule has 200 valence electrons. The van der Waals surface area contributed by atoms with Gasteiger partial charge in [-0.3, -0.25) is 9.69 Å². The minimum absolute atomic E-state index is 0.143. The summed E-state index contributed by atoms with van der Waals surface area (Å²) in [4.78, 5) is 28.4. The van der Waals surface area contributed by atoms with Crippen LogP contribution in [0.1, 0.15) is 56.9 Å². The minimum Gasteiger partial charge on any atom is -0.480 e. The Hall–Kier alpha value is -2.58. The molecule has 5 rings (SSSR count). The first-order valence-corrected chi connectivity index (χ1v) is 14.0. The van der Waals surface area contributed by atoms with Crippen LogP contribution in [0.25, 0.3) is 0 Å². The van der Waals surface area contributed by atoms with Crippen molar-refractivity contribution in [2.75, 3.05) is 44.2 Å². The lowest BCUT2D eigenvalue weighted by molar-refractivity contribution is -0.146. The number of halogens is 1. The van der Waals surface area contributed by atoms with E-state index in [4.69, 9.17) is 0 Å². The normalized spacial score (nSPS) is 24.6. The highest BCUT2D eigenvalue weighted by Gasteiger charge is 2.44. The van der Waals surface area contributed by atoms with Gasteiger partial charge in [-0.1, -0.05) is 25.5 Å². The van der Waals surface area contributed by atoms with Crippen molar-refractivity contribution in [2.24, 2.45) is 11.8 Å². The van der Waals surface area contributed by atoms with Gasteiger partial charge in [0, 0.05) is 63.6 Å². The molecule has 3 heterocycles. The summed E-state index contributed by atoms with van der Waals surface area (Å²) < 4.78 is 14.2. The number of nitrogens with zero attached hydrogens (tertiary/aromatic N) is 5. The average molecular weight is 510 g/mol. The topological polar surface area (TPSA) is 72.8 Å². The van der Waals surface area contributed by atoms with Gasteiger partial charge in [-0.25, -0.2) is 14.4 Å². The van der Waals surface area contributed by atoms with Gasteiger partial charge in [0.1, 0.15) is 11.9 Å². The number of hydrogen-bond donors (Lipinski definition) is 1. The Morgan fingerprint density at radius 1 is 1.14 bits per heavy atom. The fraction of sp³-hybridized carbons (Fsp3) is 0.621. The van der Waals surface area contributed by atoms with E-state index < -0.39 is 12.0 Å². The number of rotatable bonds is 10. The molecule has 7 nitrogen and oxygen atoms in total. The zero-order valence-electron chi connectivity index (χ0n) is 21.9. The number of carboxylic acid groups (broad SMARTS) is 1. The van der Waals surface area contributed by atoms with Gasteiger partial charge in [0.2, 0.25) is 5.95 Å². The van der Waals surface area contributed by atoms with Crippen LogP contribution in [0.5, 0.6) is 0 Å². The number of benzene rings is 1. The molecule has 1 aliphatic carbocycles. The number of hydrogen-bond acceptors (Lipinski definition) is 6. The molecule has 3 atom stereocenters. The third-order valence-corrected chi connectivity index (χ3v) is 8.75. The van der Waals surface area contributed by atoms with Crippen LogP contribution in [-0.2, 0) is 4.79 Å². The van der Waals surface area contributed by atoms with Crippen molar-refractivity contribution in [1.82, 2.24) is 19.8 Å². The Labute approximate surface area is 219 Å². The number of aromatic nitrogens is 2. The van der Waals surface area contributed by atoms with Crippen molar-refractivity contribution in [3.8, 4) is 0 Å². The predicted molar refractivity (Wildman–Crippen MR) is 142 cm³/mol. The summed E-state index contributed by atoms with van der Waals surface area (Å²) in [5, 5.41) is 10.1. The van der Waals surface area contributed by atoms with Crippen molar-refractivity contribution < 1.29 is 14.3 Å². The summed E-state index contributed by atoms with van der Waals surface area (Å²) >= 11 is 0. The number of aliphatic carboxylic acids is 1. The third-order valence-electron chi connectivity index (χ3n) is 8.75. The van der Waals surface area contributed by atoms with Crippen LogP contribution in [0.3, 0.4) is 0 Å². The highest BCUT2D eigenvalue weighted by Crippen LogP contribution is 2.40. The second kappa shape index (κ2) is 11.9. The Morgan fingerprint density at radius 3 is 2.51 bits per heavy atom. The van der Waals surface area contributed by atoms with Gasteiger partial charge in [0.15, 0.2) is 0 Å². The molecule has 0 spiro atoms. The van der Waals surface area contributed by atoms with Crippen LogP contribution < -0.4 is 4.90 Å². The molecule has 3 aliphatic rings. The Morgan fingerprint density at radius 2 is 1.89 bits per heavy atom. The lowest BCUT2D eigenvalue weighted by atomic mass is 9.79. The second-order valence-electron chi connectivity index (χ2n) is 11.1. The van der Waals surface area contributed by atoms with Crippen molar-refractivity contribution in [3.63, 3.8) is 0 Å². The Bertz CT molecular complexity index is 1030.